The van der Waals surface area contributed by atoms with Gasteiger partial charge in [-0.15, -0.1) is 0 Å². The van der Waals surface area contributed by atoms with E-state index in [1.54, 1.807) is 25.4 Å². The number of rotatable bonds is 6. The smallest absolute Gasteiger partial charge is 0.134 e. The molecule has 0 amide bonds. The molecule has 142 valence electrons. The molecule has 0 spiro atoms. The molecule has 0 bridgehead atoms. The molecule has 3 nitrogen and oxygen atoms in total. The van der Waals surface area contributed by atoms with E-state index in [1.165, 1.54) is 0 Å². The van der Waals surface area contributed by atoms with Gasteiger partial charge in [0, 0.05) is 30.6 Å². The van der Waals surface area contributed by atoms with Crippen LogP contribution >= 0.6 is 23.2 Å². The number of benzene rings is 2. The number of aliphatic imine (C=N–C) groups is 1. The van der Waals surface area contributed by atoms with Gasteiger partial charge in [0.1, 0.15) is 11.3 Å². The van der Waals surface area contributed by atoms with Crippen molar-refractivity contribution < 1.29 is 5.11 Å². The molecule has 0 saturated carbocycles. The molecule has 1 atom stereocenters. The lowest BCUT2D eigenvalue weighted by atomic mass is 9.98. The van der Waals surface area contributed by atoms with Crippen LogP contribution in [0.2, 0.25) is 10.2 Å². The Hall–Kier alpha value is -2.46. The molecule has 0 fully saturated rings. The zero-order valence-electron chi connectivity index (χ0n) is 15.4. The highest BCUT2D eigenvalue weighted by Crippen LogP contribution is 2.34. The number of pyridine rings is 1. The van der Waals surface area contributed by atoms with Gasteiger partial charge < -0.3 is 5.11 Å². The van der Waals surface area contributed by atoms with Crippen LogP contribution in [0.4, 0.5) is 0 Å². The van der Waals surface area contributed by atoms with E-state index in [4.69, 9.17) is 23.2 Å². The normalized spacial score (nSPS) is 13.2. The van der Waals surface area contributed by atoms with E-state index in [9.17, 15) is 5.11 Å². The van der Waals surface area contributed by atoms with Gasteiger partial charge in [-0.05, 0) is 34.9 Å². The minimum atomic E-state index is -0.843. The Labute approximate surface area is 174 Å². The number of aliphatic hydroxyl groups excluding tert-OH is 1. The highest BCUT2D eigenvalue weighted by molar-refractivity contribution is 6.39. The second-order valence-electron chi connectivity index (χ2n) is 6.31. The highest BCUT2D eigenvalue weighted by atomic mass is 35.5. The van der Waals surface area contributed by atoms with Crippen molar-refractivity contribution >= 4 is 40.3 Å². The van der Waals surface area contributed by atoms with Gasteiger partial charge in [-0.3, -0.25) is 4.99 Å². The molecular weight excluding hydrogens is 391 g/mol. The lowest BCUT2D eigenvalue weighted by Gasteiger charge is -2.15. The zero-order chi connectivity index (χ0) is 20.1. The predicted octanol–water partition coefficient (Wildman–Crippen LogP) is 5.98. The maximum absolute atomic E-state index is 10.7. The first-order chi connectivity index (χ1) is 13.5. The van der Waals surface area contributed by atoms with Gasteiger partial charge in [0.15, 0.2) is 0 Å². The number of fused-ring (bicyclic) bond motifs is 1. The number of aliphatic hydroxyl groups is 1. The van der Waals surface area contributed by atoms with Crippen LogP contribution in [0.5, 0.6) is 0 Å². The maximum atomic E-state index is 10.7. The van der Waals surface area contributed by atoms with Gasteiger partial charge in [-0.2, -0.15) is 0 Å². The molecule has 1 heterocycles. The Morgan fingerprint density at radius 1 is 1.21 bits per heavy atom. The number of halogens is 2. The summed E-state index contributed by atoms with van der Waals surface area (Å²) in [7, 11) is 1.67. The fourth-order valence-electron chi connectivity index (χ4n) is 3.00. The fraction of sp³-hybridized carbons (Fsp3) is 0.130. The summed E-state index contributed by atoms with van der Waals surface area (Å²) in [6, 6.07) is 15.4. The molecule has 0 radical (unpaired) electrons. The van der Waals surface area contributed by atoms with Crippen LogP contribution in [-0.2, 0) is 6.42 Å². The third kappa shape index (κ3) is 4.33. The van der Waals surface area contributed by atoms with Crippen LogP contribution in [0, 0.1) is 0 Å². The second-order valence-corrected chi connectivity index (χ2v) is 7.05. The number of hydrogen-bond donors (Lipinski definition) is 1. The quantitative estimate of drug-likeness (QED) is 0.308. The molecule has 3 aromatic rings. The van der Waals surface area contributed by atoms with Gasteiger partial charge in [-0.25, -0.2) is 4.98 Å². The minimum Gasteiger partial charge on any atom is -0.384 e. The topological polar surface area (TPSA) is 45.5 Å². The van der Waals surface area contributed by atoms with Crippen LogP contribution in [0.3, 0.4) is 0 Å². The first-order valence-corrected chi connectivity index (χ1v) is 9.55. The van der Waals surface area contributed by atoms with Crippen molar-refractivity contribution in [2.24, 2.45) is 4.99 Å². The average molecular weight is 411 g/mol. The summed E-state index contributed by atoms with van der Waals surface area (Å²) in [4.78, 5) is 8.41. The first-order valence-electron chi connectivity index (χ1n) is 8.79. The largest absolute Gasteiger partial charge is 0.384 e. The molecule has 1 aromatic heterocycles. The van der Waals surface area contributed by atoms with Crippen LogP contribution in [-0.4, -0.2) is 23.4 Å². The zero-order valence-corrected chi connectivity index (χ0v) is 17.0. The van der Waals surface area contributed by atoms with Gasteiger partial charge in [-0.1, -0.05) is 72.3 Å². The SMILES string of the molecule is C=C/C(=C\C=N/C)C(O)c1ccc2nc(Cl)c(Cc3ccccc3)c(Cl)c2c1. The summed E-state index contributed by atoms with van der Waals surface area (Å²) in [5.74, 6) is 0. The Balaban J connectivity index is 2.06. The standard InChI is InChI=1S/C23H20Cl2N2O/c1-3-16(11-12-26-2)22(28)17-9-10-20-18(14-17)21(24)19(23(25)27-20)13-15-7-5-4-6-8-15/h3-12,14,22,28H,1,13H2,2H3/b16-11+,26-12-. The third-order valence-electron chi connectivity index (χ3n) is 4.50. The van der Waals surface area contributed by atoms with E-state index in [2.05, 4.69) is 16.6 Å². The molecule has 0 aliphatic rings. The molecule has 3 rings (SSSR count). The summed E-state index contributed by atoms with van der Waals surface area (Å²) in [5.41, 5.74) is 3.89. The molecule has 2 aromatic carbocycles. The average Bonchev–Trinajstić information content (AvgIpc) is 2.72. The molecule has 1 N–H and O–H groups in total. The summed E-state index contributed by atoms with van der Waals surface area (Å²) >= 11 is 13.1. The van der Waals surface area contributed by atoms with Gasteiger partial charge in [0.05, 0.1) is 10.5 Å². The fourth-order valence-corrected chi connectivity index (χ4v) is 3.61. The van der Waals surface area contributed by atoms with Crippen molar-refractivity contribution in [2.45, 2.75) is 12.5 Å². The van der Waals surface area contributed by atoms with E-state index in [-0.39, 0.29) is 0 Å². The van der Waals surface area contributed by atoms with Crippen molar-refractivity contribution in [3.63, 3.8) is 0 Å². The maximum Gasteiger partial charge on any atom is 0.134 e. The van der Waals surface area contributed by atoms with Gasteiger partial charge >= 0.3 is 0 Å². The summed E-state index contributed by atoms with van der Waals surface area (Å²) in [6.07, 6.45) is 4.69. The Morgan fingerprint density at radius 3 is 2.64 bits per heavy atom. The van der Waals surface area contributed by atoms with E-state index in [0.717, 1.165) is 16.5 Å². The first kappa shape index (κ1) is 20.3. The third-order valence-corrected chi connectivity index (χ3v) is 5.24. The second kappa shape index (κ2) is 9.16. The van der Waals surface area contributed by atoms with E-state index in [1.807, 2.05) is 48.5 Å². The Morgan fingerprint density at radius 2 is 1.96 bits per heavy atom. The highest BCUT2D eigenvalue weighted by Gasteiger charge is 2.16. The molecule has 0 aliphatic heterocycles. The molecular formula is C23H20Cl2N2O. The number of aromatic nitrogens is 1. The van der Waals surface area contributed by atoms with E-state index < -0.39 is 6.10 Å². The van der Waals surface area contributed by atoms with Crippen LogP contribution in [0.15, 0.2) is 77.8 Å². The summed E-state index contributed by atoms with van der Waals surface area (Å²) in [6.45, 7) is 3.77. The predicted molar refractivity (Wildman–Crippen MR) is 119 cm³/mol. The van der Waals surface area contributed by atoms with Crippen LogP contribution in [0.25, 0.3) is 10.9 Å². The van der Waals surface area contributed by atoms with Crippen LogP contribution < -0.4 is 0 Å². The van der Waals surface area contributed by atoms with Crippen molar-refractivity contribution in [3.8, 4) is 0 Å². The molecule has 5 heteroatoms. The molecule has 0 saturated heterocycles. The number of hydrogen-bond acceptors (Lipinski definition) is 3. The summed E-state index contributed by atoms with van der Waals surface area (Å²) in [5, 5.41) is 12.4. The molecule has 1 unspecified atom stereocenters. The van der Waals surface area contributed by atoms with E-state index in [0.29, 0.717) is 33.2 Å². The Bertz CT molecular complexity index is 1060. The molecule has 28 heavy (non-hydrogen) atoms. The van der Waals surface area contributed by atoms with Crippen molar-refractivity contribution in [3.05, 3.63) is 99.7 Å². The van der Waals surface area contributed by atoms with Crippen molar-refractivity contribution in [2.75, 3.05) is 7.05 Å². The monoisotopic (exact) mass is 410 g/mol. The Kier molecular flexibility index (Phi) is 6.63. The molecule has 0 aliphatic carbocycles. The van der Waals surface area contributed by atoms with Crippen LogP contribution in [0.1, 0.15) is 22.8 Å². The van der Waals surface area contributed by atoms with Crippen molar-refractivity contribution in [1.82, 2.24) is 4.98 Å². The minimum absolute atomic E-state index is 0.389. The number of allylic oxidation sites excluding steroid dienone is 1. The van der Waals surface area contributed by atoms with Gasteiger partial charge in [0.2, 0.25) is 0 Å². The number of nitrogens with zero attached hydrogens (tertiary/aromatic N) is 2. The summed E-state index contributed by atoms with van der Waals surface area (Å²) < 4.78 is 0. The lowest BCUT2D eigenvalue weighted by molar-refractivity contribution is 0.220. The lowest BCUT2D eigenvalue weighted by Crippen LogP contribution is -2.01. The van der Waals surface area contributed by atoms with E-state index >= 15 is 0 Å². The van der Waals surface area contributed by atoms with Crippen molar-refractivity contribution in [1.29, 1.82) is 0 Å². The van der Waals surface area contributed by atoms with Gasteiger partial charge in [0.25, 0.3) is 0 Å².